The first-order valence-corrected chi connectivity index (χ1v) is 11.2. The maximum absolute atomic E-state index is 13.2. The molecule has 1 spiro atoms. The summed E-state index contributed by atoms with van der Waals surface area (Å²) in [5.74, 6) is 2.31. The monoisotopic (exact) mass is 475 g/mol. The quantitative estimate of drug-likeness (QED) is 0.571. The van der Waals surface area contributed by atoms with E-state index in [1.807, 2.05) is 10.6 Å². The van der Waals surface area contributed by atoms with Gasteiger partial charge in [-0.05, 0) is 42.7 Å². The van der Waals surface area contributed by atoms with E-state index in [-0.39, 0.29) is 24.4 Å². The van der Waals surface area contributed by atoms with Gasteiger partial charge < -0.3 is 4.90 Å². The van der Waals surface area contributed by atoms with Crippen LogP contribution in [-0.4, -0.2) is 55.4 Å². The molecule has 33 heavy (non-hydrogen) atoms. The number of hydrogen-bond donors (Lipinski definition) is 0. The molecular formula is C22H21ClF3N7. The highest BCUT2D eigenvalue weighted by molar-refractivity contribution is 6.30. The summed E-state index contributed by atoms with van der Waals surface area (Å²) in [6, 6.07) is 7.16. The molecule has 1 aromatic carbocycles. The van der Waals surface area contributed by atoms with Crippen molar-refractivity contribution >= 4 is 17.5 Å². The lowest BCUT2D eigenvalue weighted by atomic mass is 9.57. The van der Waals surface area contributed by atoms with E-state index in [0.717, 1.165) is 49.0 Å². The minimum atomic E-state index is -4.30. The van der Waals surface area contributed by atoms with Gasteiger partial charge in [-0.2, -0.15) is 13.2 Å². The van der Waals surface area contributed by atoms with Crippen LogP contribution in [0, 0.1) is 5.41 Å². The molecule has 11 heteroatoms. The summed E-state index contributed by atoms with van der Waals surface area (Å²) >= 11 is 6.18. The van der Waals surface area contributed by atoms with Gasteiger partial charge in [0.05, 0.1) is 18.8 Å². The molecule has 0 atom stereocenters. The van der Waals surface area contributed by atoms with Gasteiger partial charge in [0.1, 0.15) is 5.82 Å². The van der Waals surface area contributed by atoms with E-state index in [4.69, 9.17) is 11.6 Å². The van der Waals surface area contributed by atoms with Gasteiger partial charge in [-0.3, -0.25) is 9.47 Å². The fraction of sp³-hybridized carbons (Fsp3) is 0.455. The Morgan fingerprint density at radius 3 is 2.55 bits per heavy atom. The van der Waals surface area contributed by atoms with Crippen molar-refractivity contribution in [2.24, 2.45) is 5.41 Å². The molecule has 3 aromatic rings. The lowest BCUT2D eigenvalue weighted by Crippen LogP contribution is -2.62. The highest BCUT2D eigenvalue weighted by Crippen LogP contribution is 2.56. The molecule has 7 nitrogen and oxygen atoms in total. The SMILES string of the molecule is FC(F)(F)CN1Cc2cc(Cl)ccc2-n2c(nnc2C2CC3(C2)CN(c2ncccn2)C3)C1. The highest BCUT2D eigenvalue weighted by atomic mass is 35.5. The lowest BCUT2D eigenvalue weighted by molar-refractivity contribution is -0.148. The van der Waals surface area contributed by atoms with E-state index < -0.39 is 12.7 Å². The molecule has 0 bridgehead atoms. The molecule has 1 aliphatic carbocycles. The van der Waals surface area contributed by atoms with E-state index in [1.54, 1.807) is 30.6 Å². The molecule has 1 saturated carbocycles. The van der Waals surface area contributed by atoms with Gasteiger partial charge in [0.25, 0.3) is 0 Å². The second kappa shape index (κ2) is 7.39. The van der Waals surface area contributed by atoms with Crippen LogP contribution in [0.25, 0.3) is 5.69 Å². The molecule has 0 amide bonds. The zero-order valence-electron chi connectivity index (χ0n) is 17.6. The van der Waals surface area contributed by atoms with E-state index in [1.165, 1.54) is 4.90 Å². The van der Waals surface area contributed by atoms with E-state index in [2.05, 4.69) is 25.1 Å². The van der Waals surface area contributed by atoms with Crippen molar-refractivity contribution in [2.75, 3.05) is 24.5 Å². The van der Waals surface area contributed by atoms with Crippen LogP contribution in [0.2, 0.25) is 5.02 Å². The Morgan fingerprint density at radius 2 is 1.82 bits per heavy atom. The first kappa shape index (κ1) is 20.9. The summed E-state index contributed by atoms with van der Waals surface area (Å²) in [7, 11) is 0. The zero-order valence-corrected chi connectivity index (χ0v) is 18.4. The van der Waals surface area contributed by atoms with E-state index >= 15 is 0 Å². The number of rotatable bonds is 3. The number of aromatic nitrogens is 5. The number of halogens is 4. The molecule has 0 radical (unpaired) electrons. The van der Waals surface area contributed by atoms with Gasteiger partial charge in [0.2, 0.25) is 5.95 Å². The Morgan fingerprint density at radius 1 is 1.06 bits per heavy atom. The van der Waals surface area contributed by atoms with Crippen molar-refractivity contribution in [3.8, 4) is 5.69 Å². The maximum Gasteiger partial charge on any atom is 0.401 e. The fourth-order valence-electron chi connectivity index (χ4n) is 5.51. The Kier molecular flexibility index (Phi) is 4.67. The Labute approximate surface area is 193 Å². The van der Waals surface area contributed by atoms with Gasteiger partial charge in [-0.25, -0.2) is 9.97 Å². The molecule has 3 aliphatic rings. The Hall–Kier alpha value is -2.72. The third-order valence-corrected chi connectivity index (χ3v) is 7.05. The average molecular weight is 476 g/mol. The largest absolute Gasteiger partial charge is 0.401 e. The first-order chi connectivity index (χ1) is 15.8. The van der Waals surface area contributed by atoms with Crippen LogP contribution >= 0.6 is 11.6 Å². The number of hydrogen-bond acceptors (Lipinski definition) is 6. The second-order valence-electron chi connectivity index (χ2n) is 9.35. The summed E-state index contributed by atoms with van der Waals surface area (Å²) in [6.07, 6.45) is 1.12. The number of fused-ring (bicyclic) bond motifs is 3. The normalized spacial score (nSPS) is 20.1. The van der Waals surface area contributed by atoms with Crippen LogP contribution in [0.5, 0.6) is 0 Å². The van der Waals surface area contributed by atoms with Crippen molar-refractivity contribution in [1.82, 2.24) is 29.6 Å². The Bertz CT molecular complexity index is 1180. The van der Waals surface area contributed by atoms with Crippen molar-refractivity contribution in [3.63, 3.8) is 0 Å². The summed E-state index contributed by atoms with van der Waals surface area (Å²) in [6.45, 7) is 1.03. The third-order valence-electron chi connectivity index (χ3n) is 6.81. The van der Waals surface area contributed by atoms with Crippen LogP contribution in [0.1, 0.15) is 36.0 Å². The molecule has 4 heterocycles. The van der Waals surface area contributed by atoms with Crippen LogP contribution in [-0.2, 0) is 13.1 Å². The molecule has 0 unspecified atom stereocenters. The van der Waals surface area contributed by atoms with E-state index in [9.17, 15) is 13.2 Å². The number of nitrogens with zero attached hydrogens (tertiary/aromatic N) is 7. The Balaban J connectivity index is 1.25. The molecule has 172 valence electrons. The molecule has 1 saturated heterocycles. The van der Waals surface area contributed by atoms with Gasteiger partial charge in [-0.1, -0.05) is 11.6 Å². The summed E-state index contributed by atoms with van der Waals surface area (Å²) in [4.78, 5) is 12.2. The summed E-state index contributed by atoms with van der Waals surface area (Å²) in [5, 5.41) is 9.26. The van der Waals surface area contributed by atoms with Crippen molar-refractivity contribution < 1.29 is 13.2 Å². The van der Waals surface area contributed by atoms with Crippen LogP contribution in [0.3, 0.4) is 0 Å². The molecule has 0 N–H and O–H groups in total. The molecule has 2 aromatic heterocycles. The number of alkyl halides is 3. The molecule has 2 fully saturated rings. The maximum atomic E-state index is 13.2. The standard InChI is InChI=1S/C22H21ClF3N7/c23-16-2-3-17-14(6-16)9-31(13-22(24,25)26)10-18-29-30-19(33(17)18)15-7-21(8-15)11-32(12-21)20-27-4-1-5-28-20/h1-6,15H,7-13H2. The number of anilines is 1. The topological polar surface area (TPSA) is 63.0 Å². The summed E-state index contributed by atoms with van der Waals surface area (Å²) < 4.78 is 41.4. The van der Waals surface area contributed by atoms with Gasteiger partial charge >= 0.3 is 6.18 Å². The molecule has 2 aliphatic heterocycles. The molecular weight excluding hydrogens is 455 g/mol. The smallest absolute Gasteiger partial charge is 0.340 e. The van der Waals surface area contributed by atoms with Crippen LogP contribution in [0.15, 0.2) is 36.7 Å². The first-order valence-electron chi connectivity index (χ1n) is 10.8. The van der Waals surface area contributed by atoms with Gasteiger partial charge in [0, 0.05) is 48.4 Å². The predicted molar refractivity (Wildman–Crippen MR) is 115 cm³/mol. The minimum Gasteiger partial charge on any atom is -0.340 e. The van der Waals surface area contributed by atoms with Crippen molar-refractivity contribution in [3.05, 3.63) is 58.9 Å². The van der Waals surface area contributed by atoms with Crippen molar-refractivity contribution in [2.45, 2.75) is 38.0 Å². The molecule has 6 rings (SSSR count). The highest BCUT2D eigenvalue weighted by Gasteiger charge is 2.54. The van der Waals surface area contributed by atoms with Crippen molar-refractivity contribution in [1.29, 1.82) is 0 Å². The predicted octanol–water partition coefficient (Wildman–Crippen LogP) is 3.97. The van der Waals surface area contributed by atoms with Crippen LogP contribution in [0.4, 0.5) is 19.1 Å². The van der Waals surface area contributed by atoms with Crippen LogP contribution < -0.4 is 4.90 Å². The number of benzene rings is 1. The average Bonchev–Trinajstić information content (AvgIpc) is 3.02. The minimum absolute atomic E-state index is 0.0792. The second-order valence-corrected chi connectivity index (χ2v) is 9.79. The fourth-order valence-corrected chi connectivity index (χ4v) is 5.70. The van der Waals surface area contributed by atoms with Gasteiger partial charge in [0.15, 0.2) is 5.82 Å². The summed E-state index contributed by atoms with van der Waals surface area (Å²) in [5.41, 5.74) is 1.77. The third kappa shape index (κ3) is 3.74. The van der Waals surface area contributed by atoms with E-state index in [0.29, 0.717) is 10.8 Å². The lowest BCUT2D eigenvalue weighted by Gasteiger charge is -2.58. The van der Waals surface area contributed by atoms with Gasteiger partial charge in [-0.15, -0.1) is 10.2 Å². The zero-order chi connectivity index (χ0) is 22.8.